The summed E-state index contributed by atoms with van der Waals surface area (Å²) in [5.74, 6) is 0.112. The van der Waals surface area contributed by atoms with Crippen LogP contribution in [0.15, 0.2) is 5.38 Å². The summed E-state index contributed by atoms with van der Waals surface area (Å²) in [7, 11) is 0. The van der Waals surface area contributed by atoms with Gasteiger partial charge < -0.3 is 5.73 Å². The molecule has 4 nitrogen and oxygen atoms in total. The van der Waals surface area contributed by atoms with Crippen molar-refractivity contribution in [3.8, 4) is 0 Å². The normalized spacial score (nSPS) is 13.2. The number of halogens is 1. The van der Waals surface area contributed by atoms with Crippen molar-refractivity contribution in [3.05, 3.63) is 16.1 Å². The first-order chi connectivity index (χ1) is 8.49. The molecule has 0 spiro atoms. The Balaban J connectivity index is 2.93. The molecule has 1 heterocycles. The summed E-state index contributed by atoms with van der Waals surface area (Å²) in [6.07, 6.45) is 0.890. The molecule has 1 unspecified atom stereocenters. The summed E-state index contributed by atoms with van der Waals surface area (Å²) in [5.41, 5.74) is 6.20. The van der Waals surface area contributed by atoms with Gasteiger partial charge in [-0.3, -0.25) is 9.69 Å². The van der Waals surface area contributed by atoms with Crippen molar-refractivity contribution >= 4 is 28.8 Å². The molecule has 0 aliphatic carbocycles. The molecule has 1 aromatic rings. The van der Waals surface area contributed by atoms with Crippen LogP contribution in [0.5, 0.6) is 0 Å². The average molecular weight is 290 g/mol. The maximum atomic E-state index is 11.2. The van der Waals surface area contributed by atoms with Gasteiger partial charge in [-0.1, -0.05) is 6.92 Å². The predicted molar refractivity (Wildman–Crippen MR) is 75.7 cm³/mol. The Hall–Kier alpha value is -0.650. The number of thiazole rings is 1. The van der Waals surface area contributed by atoms with Gasteiger partial charge in [0.1, 0.15) is 5.01 Å². The van der Waals surface area contributed by atoms with Gasteiger partial charge in [0.15, 0.2) is 0 Å². The fourth-order valence-electron chi connectivity index (χ4n) is 1.92. The molecule has 0 fully saturated rings. The molecule has 0 saturated heterocycles. The van der Waals surface area contributed by atoms with E-state index in [0.717, 1.165) is 17.1 Å². The van der Waals surface area contributed by atoms with Crippen molar-refractivity contribution in [3.63, 3.8) is 0 Å². The van der Waals surface area contributed by atoms with Crippen molar-refractivity contribution < 1.29 is 4.79 Å². The first-order valence-corrected chi connectivity index (χ1v) is 7.45. The maximum absolute atomic E-state index is 11.2. The quantitative estimate of drug-likeness (QED) is 0.785. The van der Waals surface area contributed by atoms with Crippen LogP contribution >= 0.6 is 22.9 Å². The molecule has 1 aromatic heterocycles. The topological polar surface area (TPSA) is 59.2 Å². The highest BCUT2D eigenvalue weighted by molar-refractivity contribution is 7.09. The Morgan fingerprint density at radius 3 is 2.67 bits per heavy atom. The van der Waals surface area contributed by atoms with Crippen molar-refractivity contribution in [1.82, 2.24) is 9.88 Å². The highest BCUT2D eigenvalue weighted by atomic mass is 35.5. The van der Waals surface area contributed by atoms with Crippen LogP contribution in [0, 0.1) is 0 Å². The SMILES string of the molecule is CCC(c1nc(CCl)cs1)N(CC(N)=O)C(C)C. The molecule has 0 saturated carbocycles. The lowest BCUT2D eigenvalue weighted by Gasteiger charge is -2.32. The van der Waals surface area contributed by atoms with Gasteiger partial charge >= 0.3 is 0 Å². The number of aromatic nitrogens is 1. The largest absolute Gasteiger partial charge is 0.369 e. The molecule has 6 heteroatoms. The molecule has 0 radical (unpaired) electrons. The maximum Gasteiger partial charge on any atom is 0.231 e. The van der Waals surface area contributed by atoms with E-state index in [-0.39, 0.29) is 24.5 Å². The first-order valence-electron chi connectivity index (χ1n) is 6.03. The van der Waals surface area contributed by atoms with Gasteiger partial charge in [0.05, 0.1) is 24.2 Å². The third-order valence-electron chi connectivity index (χ3n) is 2.78. The molecule has 1 amide bonds. The molecule has 1 atom stereocenters. The van der Waals surface area contributed by atoms with E-state index in [2.05, 4.69) is 30.7 Å². The van der Waals surface area contributed by atoms with E-state index in [1.807, 2.05) is 5.38 Å². The second kappa shape index (κ2) is 7.07. The van der Waals surface area contributed by atoms with Crippen LogP contribution in [-0.2, 0) is 10.7 Å². The van der Waals surface area contributed by atoms with Crippen LogP contribution in [0.2, 0.25) is 0 Å². The van der Waals surface area contributed by atoms with Gasteiger partial charge in [-0.15, -0.1) is 22.9 Å². The van der Waals surface area contributed by atoms with E-state index >= 15 is 0 Å². The molecule has 0 aliphatic rings. The molecule has 0 aromatic carbocycles. The van der Waals surface area contributed by atoms with Gasteiger partial charge in [-0.25, -0.2) is 4.98 Å². The number of hydrogen-bond acceptors (Lipinski definition) is 4. The number of alkyl halides is 1. The summed E-state index contributed by atoms with van der Waals surface area (Å²) in [6.45, 7) is 6.46. The third-order valence-corrected chi connectivity index (χ3v) is 4.05. The van der Waals surface area contributed by atoms with Crippen molar-refractivity contribution in [2.45, 2.75) is 45.2 Å². The third kappa shape index (κ3) is 3.93. The lowest BCUT2D eigenvalue weighted by atomic mass is 10.1. The number of rotatable bonds is 7. The van der Waals surface area contributed by atoms with Gasteiger partial charge in [0.2, 0.25) is 5.91 Å². The molecule has 102 valence electrons. The standard InChI is InChI=1S/C12H20ClN3OS/c1-4-10(12-15-9(5-13)7-18-12)16(8(2)3)6-11(14)17/h7-8,10H,4-6H2,1-3H3,(H2,14,17). The molecule has 0 bridgehead atoms. The molecule has 18 heavy (non-hydrogen) atoms. The van der Waals surface area contributed by atoms with E-state index in [4.69, 9.17) is 17.3 Å². The molecule has 1 rings (SSSR count). The number of nitrogens with two attached hydrogens (primary N) is 1. The van der Waals surface area contributed by atoms with Crippen LogP contribution in [0.25, 0.3) is 0 Å². The minimum absolute atomic E-state index is 0.125. The minimum atomic E-state index is -0.309. The summed E-state index contributed by atoms with van der Waals surface area (Å²) >= 11 is 7.36. The fraction of sp³-hybridized carbons (Fsp3) is 0.667. The zero-order valence-corrected chi connectivity index (χ0v) is 12.6. The van der Waals surface area contributed by atoms with Gasteiger partial charge in [0, 0.05) is 11.4 Å². The van der Waals surface area contributed by atoms with Crippen LogP contribution in [0.3, 0.4) is 0 Å². The van der Waals surface area contributed by atoms with E-state index < -0.39 is 0 Å². The fourth-order valence-corrected chi connectivity index (χ4v) is 3.17. The second-order valence-corrected chi connectivity index (χ2v) is 5.62. The van der Waals surface area contributed by atoms with E-state index in [0.29, 0.717) is 5.88 Å². The smallest absolute Gasteiger partial charge is 0.231 e. The lowest BCUT2D eigenvalue weighted by molar-refractivity contribution is -0.120. The number of carbonyl (C=O) groups is 1. The Morgan fingerprint density at radius 2 is 2.28 bits per heavy atom. The van der Waals surface area contributed by atoms with Gasteiger partial charge in [0.25, 0.3) is 0 Å². The zero-order valence-electron chi connectivity index (χ0n) is 11.0. The first kappa shape index (κ1) is 15.4. The Kier molecular flexibility index (Phi) is 6.05. The number of primary amides is 1. The number of amides is 1. The number of carbonyl (C=O) groups excluding carboxylic acids is 1. The number of nitrogens with zero attached hydrogens (tertiary/aromatic N) is 2. The lowest BCUT2D eigenvalue weighted by Crippen LogP contribution is -2.41. The van der Waals surface area contributed by atoms with Gasteiger partial charge in [-0.2, -0.15) is 0 Å². The number of hydrogen-bond donors (Lipinski definition) is 1. The summed E-state index contributed by atoms with van der Waals surface area (Å²) in [4.78, 5) is 17.8. The van der Waals surface area contributed by atoms with Crippen LogP contribution in [-0.4, -0.2) is 28.4 Å². The van der Waals surface area contributed by atoms with Crippen LogP contribution in [0.1, 0.15) is 43.9 Å². The highest BCUT2D eigenvalue weighted by Crippen LogP contribution is 2.28. The Labute approximate surface area is 117 Å². The van der Waals surface area contributed by atoms with E-state index in [1.165, 1.54) is 0 Å². The summed E-state index contributed by atoms with van der Waals surface area (Å²) < 4.78 is 0. The Morgan fingerprint density at radius 1 is 1.61 bits per heavy atom. The predicted octanol–water partition coefficient (Wildman–Crippen LogP) is 2.53. The van der Waals surface area contributed by atoms with Crippen molar-refractivity contribution in [2.75, 3.05) is 6.54 Å². The molecular weight excluding hydrogens is 270 g/mol. The van der Waals surface area contributed by atoms with Gasteiger partial charge in [-0.05, 0) is 20.3 Å². The van der Waals surface area contributed by atoms with Crippen molar-refractivity contribution in [1.29, 1.82) is 0 Å². The minimum Gasteiger partial charge on any atom is -0.369 e. The Bertz CT molecular complexity index is 394. The highest BCUT2D eigenvalue weighted by Gasteiger charge is 2.25. The summed E-state index contributed by atoms with van der Waals surface area (Å²) in [5, 5.41) is 2.97. The van der Waals surface area contributed by atoms with E-state index in [1.54, 1.807) is 11.3 Å². The molecular formula is C12H20ClN3OS. The second-order valence-electron chi connectivity index (χ2n) is 4.47. The van der Waals surface area contributed by atoms with Crippen molar-refractivity contribution in [2.24, 2.45) is 5.73 Å². The van der Waals surface area contributed by atoms with Crippen LogP contribution in [0.4, 0.5) is 0 Å². The molecule has 2 N–H and O–H groups in total. The average Bonchev–Trinajstić information content (AvgIpc) is 2.76. The summed E-state index contributed by atoms with van der Waals surface area (Å²) in [6, 6.07) is 0.366. The van der Waals surface area contributed by atoms with Crippen LogP contribution < -0.4 is 5.73 Å². The molecule has 0 aliphatic heterocycles. The monoisotopic (exact) mass is 289 g/mol. The van der Waals surface area contributed by atoms with E-state index in [9.17, 15) is 4.79 Å². The zero-order chi connectivity index (χ0) is 13.7.